The van der Waals surface area contributed by atoms with Gasteiger partial charge in [0.1, 0.15) is 5.76 Å². The Morgan fingerprint density at radius 3 is 2.66 bits per heavy atom. The summed E-state index contributed by atoms with van der Waals surface area (Å²) in [5.74, 6) is 0.0542. The second-order valence-electron chi connectivity index (χ2n) is 6.62. The molecule has 3 rings (SSSR count). The number of sulfonamides is 1. The fourth-order valence-electron chi connectivity index (χ4n) is 2.80. The molecule has 2 N–H and O–H groups in total. The normalized spacial score (nSPS) is 11.7. The zero-order chi connectivity index (χ0) is 23.0. The van der Waals surface area contributed by atoms with E-state index in [4.69, 9.17) is 9.15 Å². The summed E-state index contributed by atoms with van der Waals surface area (Å²) in [6, 6.07) is 15.7. The predicted molar refractivity (Wildman–Crippen MR) is 118 cm³/mol. The lowest BCUT2D eigenvalue weighted by Crippen LogP contribution is -2.38. The van der Waals surface area contributed by atoms with Gasteiger partial charge in [-0.1, -0.05) is 18.2 Å². The Kier molecular flexibility index (Phi) is 7.63. The molecule has 0 aliphatic heterocycles. The van der Waals surface area contributed by atoms with Crippen LogP contribution in [0.2, 0.25) is 0 Å². The number of carbonyl (C=O) groups is 1. The minimum absolute atomic E-state index is 0.00674. The standard InChI is InChI=1S/C22H23N3O6S/c1-2-30-21-13-17(10-11-20(21)26)14-23-24-22(27)16-25(15-18-7-6-12-31-18)32(28,29)19-8-4-3-5-9-19/h3-14,26H,2,15-16H2,1H3,(H,24,27). The number of hydrogen-bond acceptors (Lipinski definition) is 7. The van der Waals surface area contributed by atoms with Gasteiger partial charge in [-0.15, -0.1) is 0 Å². The number of furan rings is 1. The van der Waals surface area contributed by atoms with Crippen molar-refractivity contribution in [3.8, 4) is 11.5 Å². The number of hydrazone groups is 1. The van der Waals surface area contributed by atoms with E-state index in [0.717, 1.165) is 4.31 Å². The predicted octanol–water partition coefficient (Wildman–Crippen LogP) is 2.73. The number of carbonyl (C=O) groups excluding carboxylic acids is 1. The topological polar surface area (TPSA) is 121 Å². The fraction of sp³-hybridized carbons (Fsp3) is 0.182. The van der Waals surface area contributed by atoms with E-state index < -0.39 is 22.5 Å². The van der Waals surface area contributed by atoms with Crippen LogP contribution in [0.15, 0.2) is 81.3 Å². The molecule has 1 amide bonds. The van der Waals surface area contributed by atoms with Crippen molar-refractivity contribution in [3.63, 3.8) is 0 Å². The van der Waals surface area contributed by atoms with Gasteiger partial charge in [0.15, 0.2) is 11.5 Å². The smallest absolute Gasteiger partial charge is 0.255 e. The molecule has 0 atom stereocenters. The number of phenols is 1. The molecule has 0 saturated heterocycles. The van der Waals surface area contributed by atoms with Crippen LogP contribution in [0.4, 0.5) is 0 Å². The molecular formula is C22H23N3O6S. The van der Waals surface area contributed by atoms with Gasteiger partial charge in [0.25, 0.3) is 5.91 Å². The number of phenolic OH excluding ortho intramolecular Hbond substituents is 1. The Morgan fingerprint density at radius 1 is 1.19 bits per heavy atom. The molecule has 10 heteroatoms. The molecule has 0 aliphatic rings. The monoisotopic (exact) mass is 457 g/mol. The lowest BCUT2D eigenvalue weighted by Gasteiger charge is -2.20. The highest BCUT2D eigenvalue weighted by molar-refractivity contribution is 7.89. The third-order valence-corrected chi connectivity index (χ3v) is 6.11. The summed E-state index contributed by atoms with van der Waals surface area (Å²) >= 11 is 0. The van der Waals surface area contributed by atoms with E-state index in [1.165, 1.54) is 30.7 Å². The van der Waals surface area contributed by atoms with Crippen molar-refractivity contribution in [1.29, 1.82) is 0 Å². The molecule has 0 bridgehead atoms. The molecular weight excluding hydrogens is 434 g/mol. The van der Waals surface area contributed by atoms with Crippen molar-refractivity contribution in [3.05, 3.63) is 78.3 Å². The Labute approximate surface area is 186 Å². The van der Waals surface area contributed by atoms with E-state index in [9.17, 15) is 18.3 Å². The highest BCUT2D eigenvalue weighted by atomic mass is 32.2. The summed E-state index contributed by atoms with van der Waals surface area (Å²) < 4.78 is 37.7. The molecule has 0 saturated carbocycles. The number of hydrogen-bond donors (Lipinski definition) is 2. The Balaban J connectivity index is 1.71. The summed E-state index contributed by atoms with van der Waals surface area (Å²) in [4.78, 5) is 12.5. The maximum absolute atomic E-state index is 13.0. The van der Waals surface area contributed by atoms with Crippen molar-refractivity contribution < 1.29 is 27.5 Å². The first kappa shape index (κ1) is 23.0. The molecule has 1 aromatic heterocycles. The van der Waals surface area contributed by atoms with Gasteiger partial charge in [0.05, 0.1) is 37.1 Å². The van der Waals surface area contributed by atoms with Gasteiger partial charge in [-0.3, -0.25) is 4.79 Å². The summed E-state index contributed by atoms with van der Waals surface area (Å²) in [5.41, 5.74) is 2.90. The number of ether oxygens (including phenoxy) is 1. The molecule has 0 fully saturated rings. The molecule has 1 heterocycles. The average Bonchev–Trinajstić information content (AvgIpc) is 3.29. The van der Waals surface area contributed by atoms with E-state index in [-0.39, 0.29) is 17.2 Å². The molecule has 0 radical (unpaired) electrons. The molecule has 32 heavy (non-hydrogen) atoms. The van der Waals surface area contributed by atoms with E-state index in [2.05, 4.69) is 10.5 Å². The number of nitrogens with zero attached hydrogens (tertiary/aromatic N) is 2. The highest BCUT2D eigenvalue weighted by Crippen LogP contribution is 2.26. The summed E-state index contributed by atoms with van der Waals surface area (Å²) in [6.07, 6.45) is 2.80. The number of benzene rings is 2. The van der Waals surface area contributed by atoms with Gasteiger partial charge in [-0.05, 0) is 55.0 Å². The summed E-state index contributed by atoms with van der Waals surface area (Å²) in [5, 5.41) is 13.6. The van der Waals surface area contributed by atoms with Crippen molar-refractivity contribution in [2.75, 3.05) is 13.2 Å². The van der Waals surface area contributed by atoms with Crippen LogP contribution >= 0.6 is 0 Å². The highest BCUT2D eigenvalue weighted by Gasteiger charge is 2.27. The van der Waals surface area contributed by atoms with E-state index in [1.807, 2.05) is 0 Å². The largest absolute Gasteiger partial charge is 0.504 e. The minimum Gasteiger partial charge on any atom is -0.504 e. The zero-order valence-electron chi connectivity index (χ0n) is 17.3. The van der Waals surface area contributed by atoms with Crippen LogP contribution in [0.1, 0.15) is 18.2 Å². The first-order valence-electron chi connectivity index (χ1n) is 9.75. The van der Waals surface area contributed by atoms with E-state index in [0.29, 0.717) is 23.7 Å². The van der Waals surface area contributed by atoms with Crippen molar-refractivity contribution in [2.45, 2.75) is 18.4 Å². The third-order valence-electron chi connectivity index (χ3n) is 4.30. The number of aromatic hydroxyl groups is 1. The Bertz CT molecular complexity index is 1160. The second kappa shape index (κ2) is 10.6. The maximum atomic E-state index is 13.0. The molecule has 3 aromatic rings. The number of amides is 1. The second-order valence-corrected chi connectivity index (χ2v) is 8.56. The van der Waals surface area contributed by atoms with Crippen LogP contribution in [0.3, 0.4) is 0 Å². The zero-order valence-corrected chi connectivity index (χ0v) is 18.2. The van der Waals surface area contributed by atoms with Crippen LogP contribution in [0.25, 0.3) is 0 Å². The van der Waals surface area contributed by atoms with Crippen LogP contribution in [0, 0.1) is 0 Å². The SMILES string of the molecule is CCOc1cc(C=NNC(=O)CN(Cc2ccco2)S(=O)(=O)c2ccccc2)ccc1O. The quantitative estimate of drug-likeness (QED) is 0.357. The molecule has 2 aromatic carbocycles. The minimum atomic E-state index is -3.95. The van der Waals surface area contributed by atoms with E-state index in [1.54, 1.807) is 49.4 Å². The molecule has 9 nitrogen and oxygen atoms in total. The Morgan fingerprint density at radius 2 is 1.97 bits per heavy atom. The van der Waals surface area contributed by atoms with Gasteiger partial charge in [-0.2, -0.15) is 9.41 Å². The summed E-state index contributed by atoms with van der Waals surface area (Å²) in [6.45, 7) is 1.59. The van der Waals surface area contributed by atoms with Gasteiger partial charge < -0.3 is 14.3 Å². The van der Waals surface area contributed by atoms with Gasteiger partial charge in [-0.25, -0.2) is 13.8 Å². The van der Waals surface area contributed by atoms with Crippen LogP contribution in [-0.4, -0.2) is 43.1 Å². The van der Waals surface area contributed by atoms with Crippen molar-refractivity contribution in [2.24, 2.45) is 5.10 Å². The van der Waals surface area contributed by atoms with E-state index >= 15 is 0 Å². The fourth-order valence-corrected chi connectivity index (χ4v) is 4.18. The lowest BCUT2D eigenvalue weighted by molar-refractivity contribution is -0.121. The average molecular weight is 458 g/mol. The van der Waals surface area contributed by atoms with Crippen molar-refractivity contribution >= 4 is 22.1 Å². The van der Waals surface area contributed by atoms with Gasteiger partial charge in [0, 0.05) is 0 Å². The van der Waals surface area contributed by atoms with Crippen LogP contribution in [-0.2, 0) is 21.4 Å². The van der Waals surface area contributed by atoms with Crippen molar-refractivity contribution in [1.82, 2.24) is 9.73 Å². The lowest BCUT2D eigenvalue weighted by atomic mass is 10.2. The maximum Gasteiger partial charge on any atom is 0.255 e. The molecule has 0 unspecified atom stereocenters. The molecule has 0 spiro atoms. The number of nitrogens with one attached hydrogen (secondary N) is 1. The third kappa shape index (κ3) is 5.96. The summed E-state index contributed by atoms with van der Waals surface area (Å²) in [7, 11) is -3.95. The van der Waals surface area contributed by atoms with Gasteiger partial charge >= 0.3 is 0 Å². The van der Waals surface area contributed by atoms with Gasteiger partial charge in [0.2, 0.25) is 10.0 Å². The Hall–Kier alpha value is -3.63. The molecule has 168 valence electrons. The first-order valence-corrected chi connectivity index (χ1v) is 11.2. The number of rotatable bonds is 10. The molecule has 0 aliphatic carbocycles. The van der Waals surface area contributed by atoms with Crippen LogP contribution < -0.4 is 10.2 Å². The first-order chi connectivity index (χ1) is 15.4. The van der Waals surface area contributed by atoms with Crippen LogP contribution in [0.5, 0.6) is 11.5 Å².